The van der Waals surface area contributed by atoms with Gasteiger partial charge in [0.25, 0.3) is 0 Å². The summed E-state index contributed by atoms with van der Waals surface area (Å²) < 4.78 is 11.6. The highest BCUT2D eigenvalue weighted by Gasteiger charge is 2.49. The van der Waals surface area contributed by atoms with E-state index in [1.165, 1.54) is 0 Å². The second-order valence-electron chi connectivity index (χ2n) is 13.3. The van der Waals surface area contributed by atoms with Crippen LogP contribution in [0, 0.1) is 5.92 Å². The van der Waals surface area contributed by atoms with Gasteiger partial charge < -0.3 is 14.4 Å². The molecule has 36 heavy (non-hydrogen) atoms. The number of piperidine rings is 1. The molecule has 1 unspecified atom stereocenters. The van der Waals surface area contributed by atoms with Crippen molar-refractivity contribution in [2.45, 2.75) is 116 Å². The molecule has 0 aromatic rings. The highest BCUT2D eigenvalue weighted by molar-refractivity contribution is 5.90. The van der Waals surface area contributed by atoms with E-state index in [0.717, 1.165) is 64.8 Å². The zero-order chi connectivity index (χ0) is 27.4. The predicted octanol–water partition coefficient (Wildman–Crippen LogP) is 4.38. The van der Waals surface area contributed by atoms with E-state index in [4.69, 9.17) is 9.47 Å². The first-order valence-electron chi connectivity index (χ1n) is 14.0. The van der Waals surface area contributed by atoms with Crippen LogP contribution in [0.25, 0.3) is 0 Å². The summed E-state index contributed by atoms with van der Waals surface area (Å²) in [6, 6.07) is 0. The molecular weight excluding hydrogens is 454 g/mol. The van der Waals surface area contributed by atoms with Gasteiger partial charge in [-0.05, 0) is 108 Å². The van der Waals surface area contributed by atoms with Gasteiger partial charge in [0.05, 0.1) is 11.1 Å². The lowest BCUT2D eigenvalue weighted by molar-refractivity contribution is -0.157. The lowest BCUT2D eigenvalue weighted by Crippen LogP contribution is -2.69. The summed E-state index contributed by atoms with van der Waals surface area (Å²) in [4.78, 5) is 32.2. The summed E-state index contributed by atoms with van der Waals surface area (Å²) in [6.07, 6.45) is 5.58. The number of ether oxygens (including phenoxy) is 2. The molecule has 0 spiro atoms. The van der Waals surface area contributed by atoms with Gasteiger partial charge in [-0.1, -0.05) is 0 Å². The molecule has 2 saturated heterocycles. The number of unbranched alkanes of at least 4 members (excludes halogenated alkanes) is 1. The molecule has 2 aliphatic rings. The van der Waals surface area contributed by atoms with E-state index < -0.39 is 11.1 Å². The minimum Gasteiger partial charge on any atom is -0.381 e. The summed E-state index contributed by atoms with van der Waals surface area (Å²) in [7, 11) is 4.11. The third-order valence-electron chi connectivity index (χ3n) is 8.99. The smallest absolute Gasteiger partial charge is 0.242 e. The van der Waals surface area contributed by atoms with E-state index in [0.29, 0.717) is 19.0 Å². The van der Waals surface area contributed by atoms with Gasteiger partial charge >= 0.3 is 0 Å². The highest BCUT2D eigenvalue weighted by Crippen LogP contribution is 2.39. The molecule has 7 heteroatoms. The topological polar surface area (TPSA) is 62.3 Å². The average Bonchev–Trinajstić information content (AvgIpc) is 2.79. The van der Waals surface area contributed by atoms with Crippen LogP contribution in [0.4, 0.5) is 0 Å². The number of carbonyl (C=O) groups is 2. The van der Waals surface area contributed by atoms with Crippen LogP contribution in [0.3, 0.4) is 0 Å². The molecule has 0 saturated carbocycles. The van der Waals surface area contributed by atoms with Gasteiger partial charge in [0, 0.05) is 56.5 Å². The molecular formula is C29H55N3O4. The second kappa shape index (κ2) is 12.2. The van der Waals surface area contributed by atoms with Crippen molar-refractivity contribution in [1.82, 2.24) is 14.7 Å². The Morgan fingerprint density at radius 2 is 1.22 bits per heavy atom. The van der Waals surface area contributed by atoms with Gasteiger partial charge in [-0.3, -0.25) is 19.4 Å². The van der Waals surface area contributed by atoms with Crippen LogP contribution in [0.5, 0.6) is 0 Å². The molecule has 0 N–H and O–H groups in total. The Labute approximate surface area is 221 Å². The van der Waals surface area contributed by atoms with Crippen molar-refractivity contribution in [3.63, 3.8) is 0 Å². The monoisotopic (exact) mass is 509 g/mol. The summed E-state index contributed by atoms with van der Waals surface area (Å²) in [6.45, 7) is 21.4. The fourth-order valence-electron chi connectivity index (χ4n) is 6.00. The first kappa shape index (κ1) is 31.2. The maximum absolute atomic E-state index is 12.9. The zero-order valence-corrected chi connectivity index (χ0v) is 25.0. The van der Waals surface area contributed by atoms with Gasteiger partial charge in [-0.15, -0.1) is 0 Å². The van der Waals surface area contributed by atoms with Crippen LogP contribution < -0.4 is 0 Å². The fourth-order valence-corrected chi connectivity index (χ4v) is 6.00. The Bertz CT molecular complexity index is 685. The molecule has 1 atom stereocenters. The number of carbonyl (C=O) groups excluding carboxylic acids is 2. The number of rotatable bonds is 13. The molecule has 0 aromatic carbocycles. The largest absolute Gasteiger partial charge is 0.381 e. The van der Waals surface area contributed by atoms with E-state index in [1.54, 1.807) is 0 Å². The third kappa shape index (κ3) is 7.30. The van der Waals surface area contributed by atoms with Crippen LogP contribution in [-0.2, 0) is 19.1 Å². The lowest BCUT2D eigenvalue weighted by Gasteiger charge is -2.53. The van der Waals surface area contributed by atoms with Crippen LogP contribution in [0.15, 0.2) is 0 Å². The Balaban J connectivity index is 1.51. The van der Waals surface area contributed by atoms with E-state index in [9.17, 15) is 9.59 Å². The van der Waals surface area contributed by atoms with Gasteiger partial charge in [-0.25, -0.2) is 0 Å². The average molecular weight is 510 g/mol. The molecule has 7 nitrogen and oxygen atoms in total. The maximum atomic E-state index is 12.9. The minimum atomic E-state index is -0.474. The molecule has 2 heterocycles. The molecule has 0 bridgehead atoms. The van der Waals surface area contributed by atoms with Crippen LogP contribution in [0.1, 0.15) is 93.9 Å². The first-order chi connectivity index (χ1) is 16.5. The van der Waals surface area contributed by atoms with Crippen molar-refractivity contribution >= 4 is 11.7 Å². The van der Waals surface area contributed by atoms with Crippen molar-refractivity contribution in [1.29, 1.82) is 0 Å². The molecule has 2 fully saturated rings. The molecule has 2 rings (SSSR count). The second-order valence-corrected chi connectivity index (χ2v) is 13.3. The van der Waals surface area contributed by atoms with Crippen molar-refractivity contribution in [2.75, 3.05) is 53.6 Å². The lowest BCUT2D eigenvalue weighted by atomic mass is 9.71. The number of amides is 1. The van der Waals surface area contributed by atoms with Crippen molar-refractivity contribution < 1.29 is 19.1 Å². The SMILES string of the molecule is CN1C(C)(C)CC(CCCOCCCCOCCCN2CC(C)(C)N(C)C(C)(C)C2=O)C(=O)C1(C)C. The molecule has 0 aliphatic carbocycles. The zero-order valence-electron chi connectivity index (χ0n) is 25.0. The van der Waals surface area contributed by atoms with E-state index in [1.807, 2.05) is 25.8 Å². The summed E-state index contributed by atoms with van der Waals surface area (Å²) >= 11 is 0. The molecule has 210 valence electrons. The number of nitrogens with zero attached hydrogens (tertiary/aromatic N) is 3. The Kier molecular flexibility index (Phi) is 10.6. The Morgan fingerprint density at radius 3 is 1.81 bits per heavy atom. The normalized spacial score (nSPS) is 25.9. The molecule has 0 radical (unpaired) electrons. The van der Waals surface area contributed by atoms with Crippen molar-refractivity contribution in [3.05, 3.63) is 0 Å². The summed E-state index contributed by atoms with van der Waals surface area (Å²) in [5.41, 5.74) is -0.872. The molecule has 1 amide bonds. The van der Waals surface area contributed by atoms with E-state index >= 15 is 0 Å². The fraction of sp³-hybridized carbons (Fsp3) is 0.931. The van der Waals surface area contributed by atoms with Gasteiger partial charge in [0.2, 0.25) is 5.91 Å². The Hall–Kier alpha value is -1.02. The maximum Gasteiger partial charge on any atom is 0.242 e. The Morgan fingerprint density at radius 1 is 0.722 bits per heavy atom. The minimum absolute atomic E-state index is 0.0336. The quantitative estimate of drug-likeness (QED) is 0.344. The van der Waals surface area contributed by atoms with Crippen LogP contribution >= 0.6 is 0 Å². The van der Waals surface area contributed by atoms with E-state index in [2.05, 4.69) is 58.4 Å². The summed E-state index contributed by atoms with van der Waals surface area (Å²) in [5.74, 6) is 0.696. The molecule has 0 aromatic heterocycles. The number of ketones is 1. The number of Topliss-reactive ketones (excluding diaryl/α,β-unsaturated/α-hetero) is 1. The van der Waals surface area contributed by atoms with Gasteiger partial charge in [0.1, 0.15) is 0 Å². The summed E-state index contributed by atoms with van der Waals surface area (Å²) in [5, 5.41) is 0. The number of likely N-dealkylation sites (N-methyl/N-ethyl adjacent to an activating group) is 2. The van der Waals surface area contributed by atoms with Crippen LogP contribution in [0.2, 0.25) is 0 Å². The number of hydrogen-bond acceptors (Lipinski definition) is 6. The first-order valence-corrected chi connectivity index (χ1v) is 14.0. The third-order valence-corrected chi connectivity index (χ3v) is 8.99. The van der Waals surface area contributed by atoms with E-state index in [-0.39, 0.29) is 22.9 Å². The number of hydrogen-bond donors (Lipinski definition) is 0. The standard InChI is InChI=1S/C29H55N3O4/c1-26(2)21-23(24(33)28(5,6)30(26)9)15-13-19-35-17-11-12-18-36-20-14-16-32-22-27(3,4)31(10)29(7,8)25(32)34/h23H,11-22H2,1-10H3. The number of likely N-dealkylation sites (tertiary alicyclic amines) is 1. The number of piperazine rings is 1. The molecule has 2 aliphatic heterocycles. The van der Waals surface area contributed by atoms with Gasteiger partial charge in [0.15, 0.2) is 5.78 Å². The van der Waals surface area contributed by atoms with Gasteiger partial charge in [-0.2, -0.15) is 0 Å². The van der Waals surface area contributed by atoms with Crippen molar-refractivity contribution in [2.24, 2.45) is 5.92 Å². The van der Waals surface area contributed by atoms with Crippen LogP contribution in [-0.4, -0.2) is 102 Å². The predicted molar refractivity (Wildman–Crippen MR) is 146 cm³/mol. The highest BCUT2D eigenvalue weighted by atomic mass is 16.5. The van der Waals surface area contributed by atoms with Crippen molar-refractivity contribution in [3.8, 4) is 0 Å².